The fraction of sp³-hybridized carbons (Fsp3) is 0.429. The third-order valence-corrected chi connectivity index (χ3v) is 3.70. The Kier molecular flexibility index (Phi) is 3.55. The number of likely N-dealkylation sites (tertiary alicyclic amines) is 1. The lowest BCUT2D eigenvalue weighted by molar-refractivity contribution is 0.0726. The molecular weight excluding hydrogens is 268 g/mol. The van der Waals surface area contributed by atoms with Crippen molar-refractivity contribution in [2.75, 3.05) is 18.9 Å². The molecule has 1 N–H and O–H groups in total. The van der Waals surface area contributed by atoms with Gasteiger partial charge in [0.25, 0.3) is 5.91 Å². The summed E-state index contributed by atoms with van der Waals surface area (Å²) in [5, 5.41) is 7.17. The van der Waals surface area contributed by atoms with E-state index >= 15 is 0 Å². The summed E-state index contributed by atoms with van der Waals surface area (Å²) in [6.45, 7) is 0.728. The first-order valence-electron chi connectivity index (χ1n) is 6.99. The Labute approximate surface area is 123 Å². The highest BCUT2D eigenvalue weighted by Gasteiger charge is 2.32. The van der Waals surface area contributed by atoms with Crippen molar-refractivity contribution < 1.29 is 4.79 Å². The molecule has 0 saturated carbocycles. The minimum atomic E-state index is -0.0465. The molecule has 0 spiro atoms. The normalized spacial score (nSPS) is 18.0. The third kappa shape index (κ3) is 2.58. The van der Waals surface area contributed by atoms with Gasteiger partial charge in [-0.05, 0) is 18.9 Å². The van der Waals surface area contributed by atoms with Crippen molar-refractivity contribution in [3.8, 4) is 0 Å². The molecular formula is C14H18N6O. The Bertz CT molecular complexity index is 652. The van der Waals surface area contributed by atoms with Gasteiger partial charge in [0.1, 0.15) is 11.5 Å². The van der Waals surface area contributed by atoms with E-state index in [4.69, 9.17) is 0 Å². The van der Waals surface area contributed by atoms with E-state index in [1.54, 1.807) is 43.4 Å². The molecule has 0 bridgehead atoms. The van der Waals surface area contributed by atoms with Crippen LogP contribution in [0.2, 0.25) is 0 Å². The predicted octanol–water partition coefficient (Wildman–Crippen LogP) is 1.23. The molecule has 1 atom stereocenters. The Morgan fingerprint density at radius 1 is 1.43 bits per heavy atom. The molecule has 1 aliphatic rings. The molecule has 7 nitrogen and oxygen atoms in total. The van der Waals surface area contributed by atoms with Crippen LogP contribution in [0, 0.1) is 0 Å². The second-order valence-electron chi connectivity index (χ2n) is 5.11. The van der Waals surface area contributed by atoms with E-state index in [2.05, 4.69) is 20.4 Å². The highest BCUT2D eigenvalue weighted by molar-refractivity contribution is 5.92. The van der Waals surface area contributed by atoms with Gasteiger partial charge < -0.3 is 10.2 Å². The number of rotatable bonds is 3. The zero-order chi connectivity index (χ0) is 14.8. The van der Waals surface area contributed by atoms with Crippen LogP contribution in [0.3, 0.4) is 0 Å². The summed E-state index contributed by atoms with van der Waals surface area (Å²) < 4.78 is 1.64. The van der Waals surface area contributed by atoms with Gasteiger partial charge in [0.05, 0.1) is 24.1 Å². The minimum absolute atomic E-state index is 0.0275. The van der Waals surface area contributed by atoms with Crippen molar-refractivity contribution in [1.82, 2.24) is 24.6 Å². The Balaban J connectivity index is 1.86. The van der Waals surface area contributed by atoms with Gasteiger partial charge in [-0.1, -0.05) is 0 Å². The largest absolute Gasteiger partial charge is 0.372 e. The van der Waals surface area contributed by atoms with E-state index < -0.39 is 0 Å². The molecule has 2 aromatic rings. The van der Waals surface area contributed by atoms with Crippen LogP contribution in [-0.2, 0) is 7.05 Å². The van der Waals surface area contributed by atoms with Crippen LogP contribution < -0.4 is 5.32 Å². The molecule has 21 heavy (non-hydrogen) atoms. The number of hydrogen-bond donors (Lipinski definition) is 1. The number of hydrogen-bond acceptors (Lipinski definition) is 5. The lowest BCUT2D eigenvalue weighted by Gasteiger charge is -2.23. The molecule has 0 unspecified atom stereocenters. The maximum atomic E-state index is 12.6. The molecule has 1 aliphatic heterocycles. The molecule has 0 radical (unpaired) electrons. The van der Waals surface area contributed by atoms with Crippen LogP contribution in [0.25, 0.3) is 0 Å². The number of aromatic nitrogens is 4. The van der Waals surface area contributed by atoms with Gasteiger partial charge in [-0.25, -0.2) is 4.98 Å². The summed E-state index contributed by atoms with van der Waals surface area (Å²) in [6, 6.07) is 1.72. The van der Waals surface area contributed by atoms with E-state index in [9.17, 15) is 4.79 Å². The number of nitrogens with one attached hydrogen (secondary N) is 1. The molecule has 110 valence electrons. The fourth-order valence-corrected chi connectivity index (χ4v) is 2.66. The average molecular weight is 286 g/mol. The summed E-state index contributed by atoms with van der Waals surface area (Å²) in [6.07, 6.45) is 7.05. The number of carbonyl (C=O) groups excluding carboxylic acids is 1. The minimum Gasteiger partial charge on any atom is -0.372 e. The molecule has 1 fully saturated rings. The maximum absolute atomic E-state index is 12.6. The van der Waals surface area contributed by atoms with Crippen LogP contribution in [0.5, 0.6) is 0 Å². The standard InChI is InChI=1S/C14H18N6O/c1-15-13-9-16-8-11(17-13)12-4-3-6-20(12)14(21)10-5-7-19(2)18-10/h5,7-9,12H,3-4,6H2,1-2H3,(H,15,17)/t12-/m1/s1. The molecule has 2 aromatic heterocycles. The number of aryl methyl sites for hydroxylation is 1. The molecule has 7 heteroatoms. The van der Waals surface area contributed by atoms with E-state index in [1.165, 1.54) is 0 Å². The van der Waals surface area contributed by atoms with Crippen LogP contribution in [0.1, 0.15) is 35.1 Å². The van der Waals surface area contributed by atoms with E-state index in [-0.39, 0.29) is 11.9 Å². The van der Waals surface area contributed by atoms with Crippen molar-refractivity contribution in [3.05, 3.63) is 36.0 Å². The zero-order valence-electron chi connectivity index (χ0n) is 12.2. The van der Waals surface area contributed by atoms with Crippen molar-refractivity contribution in [2.24, 2.45) is 7.05 Å². The van der Waals surface area contributed by atoms with Gasteiger partial charge in [0.15, 0.2) is 0 Å². The predicted molar refractivity (Wildman–Crippen MR) is 77.8 cm³/mol. The fourth-order valence-electron chi connectivity index (χ4n) is 2.66. The molecule has 1 amide bonds. The second-order valence-corrected chi connectivity index (χ2v) is 5.11. The lowest BCUT2D eigenvalue weighted by Crippen LogP contribution is -2.31. The smallest absolute Gasteiger partial charge is 0.274 e. The summed E-state index contributed by atoms with van der Waals surface area (Å²) >= 11 is 0. The van der Waals surface area contributed by atoms with Gasteiger partial charge in [0, 0.05) is 26.8 Å². The van der Waals surface area contributed by atoms with Gasteiger partial charge >= 0.3 is 0 Å². The second kappa shape index (κ2) is 5.51. The molecule has 3 rings (SSSR count). The van der Waals surface area contributed by atoms with Crippen LogP contribution in [0.15, 0.2) is 24.7 Å². The summed E-state index contributed by atoms with van der Waals surface area (Å²) in [7, 11) is 3.61. The monoisotopic (exact) mass is 286 g/mol. The van der Waals surface area contributed by atoms with Crippen molar-refractivity contribution in [2.45, 2.75) is 18.9 Å². The topological polar surface area (TPSA) is 75.9 Å². The summed E-state index contributed by atoms with van der Waals surface area (Å²) in [5.74, 6) is 0.666. The Morgan fingerprint density at radius 3 is 3.00 bits per heavy atom. The highest BCUT2D eigenvalue weighted by atomic mass is 16.2. The number of nitrogens with zero attached hydrogens (tertiary/aromatic N) is 5. The van der Waals surface area contributed by atoms with Gasteiger partial charge in [-0.2, -0.15) is 5.10 Å². The summed E-state index contributed by atoms with van der Waals surface area (Å²) in [4.78, 5) is 23.1. The molecule has 3 heterocycles. The average Bonchev–Trinajstić information content (AvgIpc) is 3.15. The van der Waals surface area contributed by atoms with Crippen LogP contribution in [0.4, 0.5) is 5.82 Å². The highest BCUT2D eigenvalue weighted by Crippen LogP contribution is 2.31. The zero-order valence-corrected chi connectivity index (χ0v) is 12.2. The van der Waals surface area contributed by atoms with Crippen molar-refractivity contribution in [1.29, 1.82) is 0 Å². The first kappa shape index (κ1) is 13.5. The van der Waals surface area contributed by atoms with E-state index in [1.807, 2.05) is 4.90 Å². The first-order chi connectivity index (χ1) is 10.2. The first-order valence-corrected chi connectivity index (χ1v) is 6.99. The third-order valence-electron chi connectivity index (χ3n) is 3.70. The van der Waals surface area contributed by atoms with Gasteiger partial charge in [-0.3, -0.25) is 14.5 Å². The number of carbonyl (C=O) groups is 1. The van der Waals surface area contributed by atoms with Gasteiger partial charge in [-0.15, -0.1) is 0 Å². The SMILES string of the molecule is CNc1cncc([C@H]2CCCN2C(=O)c2ccn(C)n2)n1. The lowest BCUT2D eigenvalue weighted by atomic mass is 10.1. The number of anilines is 1. The van der Waals surface area contributed by atoms with E-state index in [0.717, 1.165) is 25.1 Å². The van der Waals surface area contributed by atoms with Crippen molar-refractivity contribution >= 4 is 11.7 Å². The van der Waals surface area contributed by atoms with Crippen LogP contribution in [-0.4, -0.2) is 44.1 Å². The van der Waals surface area contributed by atoms with Gasteiger partial charge in [0.2, 0.25) is 0 Å². The van der Waals surface area contributed by atoms with Crippen molar-refractivity contribution in [3.63, 3.8) is 0 Å². The Morgan fingerprint density at radius 2 is 2.29 bits per heavy atom. The summed E-state index contributed by atoms with van der Waals surface area (Å²) in [5.41, 5.74) is 1.30. The molecule has 0 aromatic carbocycles. The molecule has 0 aliphatic carbocycles. The maximum Gasteiger partial charge on any atom is 0.274 e. The quantitative estimate of drug-likeness (QED) is 0.918. The molecule has 1 saturated heterocycles. The number of amides is 1. The van der Waals surface area contributed by atoms with E-state index in [0.29, 0.717) is 11.5 Å². The van der Waals surface area contributed by atoms with Crippen LogP contribution >= 0.6 is 0 Å². The Hall–Kier alpha value is -2.44.